The van der Waals surface area contributed by atoms with Gasteiger partial charge in [-0.1, -0.05) is 0 Å². The second-order valence-electron chi connectivity index (χ2n) is 3.07. The third kappa shape index (κ3) is 2.96. The smallest absolute Gasteiger partial charge is 0.334 e. The summed E-state index contributed by atoms with van der Waals surface area (Å²) in [6.07, 6.45) is 0. The van der Waals surface area contributed by atoms with E-state index in [0.29, 0.717) is 22.6 Å². The normalized spacial score (nSPS) is 12.3. The van der Waals surface area contributed by atoms with E-state index < -0.39 is 0 Å². The third-order valence-corrected chi connectivity index (χ3v) is 2.51. The molecule has 0 amide bonds. The first-order chi connectivity index (χ1) is 7.06. The van der Waals surface area contributed by atoms with E-state index in [0.717, 1.165) is 5.57 Å². The summed E-state index contributed by atoms with van der Waals surface area (Å²) in [4.78, 5) is 11.4. The second-order valence-corrected chi connectivity index (χ2v) is 3.86. The molecule has 82 valence electrons. The molecule has 4 heteroatoms. The fraction of sp³-hybridized carbons (Fsp3) is 0.364. The lowest BCUT2D eigenvalue weighted by Gasteiger charge is -2.04. The van der Waals surface area contributed by atoms with Gasteiger partial charge in [-0.2, -0.15) is 0 Å². The fourth-order valence-corrected chi connectivity index (χ4v) is 1.40. The van der Waals surface area contributed by atoms with Crippen molar-refractivity contribution in [3.05, 3.63) is 28.1 Å². The lowest BCUT2D eigenvalue weighted by molar-refractivity contribution is -0.138. The van der Waals surface area contributed by atoms with Crippen LogP contribution in [-0.2, 0) is 9.53 Å². The van der Waals surface area contributed by atoms with Crippen molar-refractivity contribution in [3.63, 3.8) is 0 Å². The maximum absolute atomic E-state index is 11.4. The van der Waals surface area contributed by atoms with Crippen LogP contribution in [0.1, 0.15) is 26.5 Å². The first-order valence-electron chi connectivity index (χ1n) is 4.66. The van der Waals surface area contributed by atoms with Crippen molar-refractivity contribution in [2.45, 2.75) is 20.8 Å². The minimum absolute atomic E-state index is 0.303. The number of carbonyl (C=O) groups excluding carboxylic acids is 1. The molecular formula is C11H13BrO3. The standard InChI is InChI=1S/C11H13BrO3/c1-4-14-11(13)8(3)7(2)9-5-6-10(12)15-9/h5-6H,4H2,1-3H3/b8-7-. The Labute approximate surface area is 97.2 Å². The first kappa shape index (κ1) is 12.0. The molecule has 0 atom stereocenters. The lowest BCUT2D eigenvalue weighted by atomic mass is 10.1. The zero-order chi connectivity index (χ0) is 11.4. The highest BCUT2D eigenvalue weighted by molar-refractivity contribution is 9.10. The van der Waals surface area contributed by atoms with Crippen molar-refractivity contribution in [2.75, 3.05) is 6.61 Å². The lowest BCUT2D eigenvalue weighted by Crippen LogP contribution is -2.06. The van der Waals surface area contributed by atoms with Gasteiger partial charge in [0.1, 0.15) is 5.76 Å². The SMILES string of the molecule is CCOC(=O)/C(C)=C(/C)c1ccc(Br)o1. The van der Waals surface area contributed by atoms with Gasteiger partial charge in [0.25, 0.3) is 0 Å². The fourth-order valence-electron chi connectivity index (χ4n) is 1.09. The van der Waals surface area contributed by atoms with Gasteiger partial charge in [0.2, 0.25) is 0 Å². The van der Waals surface area contributed by atoms with Crippen LogP contribution in [0.25, 0.3) is 5.57 Å². The highest BCUT2D eigenvalue weighted by Gasteiger charge is 2.12. The molecule has 0 radical (unpaired) electrons. The zero-order valence-corrected chi connectivity index (χ0v) is 10.6. The molecule has 0 fully saturated rings. The summed E-state index contributed by atoms with van der Waals surface area (Å²) >= 11 is 3.21. The summed E-state index contributed by atoms with van der Waals surface area (Å²) in [5, 5.41) is 0. The van der Waals surface area contributed by atoms with E-state index in [-0.39, 0.29) is 5.97 Å². The number of hydrogen-bond donors (Lipinski definition) is 0. The Morgan fingerprint density at radius 2 is 2.13 bits per heavy atom. The summed E-state index contributed by atoms with van der Waals surface area (Å²) in [5.74, 6) is 0.370. The summed E-state index contributed by atoms with van der Waals surface area (Å²) in [6.45, 7) is 5.72. The Morgan fingerprint density at radius 3 is 2.60 bits per heavy atom. The van der Waals surface area contributed by atoms with Gasteiger partial charge < -0.3 is 9.15 Å². The van der Waals surface area contributed by atoms with Crippen LogP contribution < -0.4 is 0 Å². The number of halogens is 1. The van der Waals surface area contributed by atoms with E-state index in [9.17, 15) is 4.79 Å². The van der Waals surface area contributed by atoms with Crippen LogP contribution in [0, 0.1) is 0 Å². The number of esters is 1. The molecule has 0 spiro atoms. The molecular weight excluding hydrogens is 260 g/mol. The molecule has 1 heterocycles. The molecule has 1 aromatic rings. The quantitative estimate of drug-likeness (QED) is 0.626. The van der Waals surface area contributed by atoms with Crippen LogP contribution in [0.3, 0.4) is 0 Å². The number of furan rings is 1. The van der Waals surface area contributed by atoms with Gasteiger partial charge in [0.05, 0.1) is 6.61 Å². The minimum Gasteiger partial charge on any atom is -0.463 e. The number of rotatable bonds is 3. The predicted octanol–water partition coefficient (Wildman–Crippen LogP) is 3.40. The van der Waals surface area contributed by atoms with Crippen LogP contribution in [0.4, 0.5) is 0 Å². The number of ether oxygens (including phenoxy) is 1. The molecule has 0 aromatic carbocycles. The Bertz CT molecular complexity index is 390. The first-order valence-corrected chi connectivity index (χ1v) is 5.45. The number of carbonyl (C=O) groups is 1. The Morgan fingerprint density at radius 1 is 1.47 bits per heavy atom. The van der Waals surface area contributed by atoms with Crippen LogP contribution in [-0.4, -0.2) is 12.6 Å². The second kappa shape index (κ2) is 5.16. The average molecular weight is 273 g/mol. The molecule has 15 heavy (non-hydrogen) atoms. The molecule has 1 rings (SSSR count). The molecule has 0 unspecified atom stereocenters. The number of allylic oxidation sites excluding steroid dienone is 1. The van der Waals surface area contributed by atoms with E-state index in [1.165, 1.54) is 0 Å². The van der Waals surface area contributed by atoms with Gasteiger partial charge in [-0.05, 0) is 48.8 Å². The molecule has 0 aliphatic rings. The van der Waals surface area contributed by atoms with E-state index in [2.05, 4.69) is 15.9 Å². The molecule has 3 nitrogen and oxygen atoms in total. The van der Waals surface area contributed by atoms with Crippen molar-refractivity contribution in [3.8, 4) is 0 Å². The number of hydrogen-bond acceptors (Lipinski definition) is 3. The van der Waals surface area contributed by atoms with Gasteiger partial charge in [0, 0.05) is 11.1 Å². The monoisotopic (exact) mass is 272 g/mol. The van der Waals surface area contributed by atoms with Crippen LogP contribution >= 0.6 is 15.9 Å². The van der Waals surface area contributed by atoms with Gasteiger partial charge >= 0.3 is 5.97 Å². The molecule has 0 saturated carbocycles. The summed E-state index contributed by atoms with van der Waals surface area (Å²) in [7, 11) is 0. The van der Waals surface area contributed by atoms with Gasteiger partial charge in [-0.15, -0.1) is 0 Å². The van der Waals surface area contributed by atoms with Gasteiger partial charge in [-0.25, -0.2) is 4.79 Å². The molecule has 0 bridgehead atoms. The Balaban J connectivity index is 2.94. The van der Waals surface area contributed by atoms with Crippen LogP contribution in [0.5, 0.6) is 0 Å². The molecule has 0 N–H and O–H groups in total. The summed E-state index contributed by atoms with van der Waals surface area (Å²) < 4.78 is 10.9. The van der Waals surface area contributed by atoms with Gasteiger partial charge in [0.15, 0.2) is 4.67 Å². The van der Waals surface area contributed by atoms with E-state index >= 15 is 0 Å². The van der Waals surface area contributed by atoms with Gasteiger partial charge in [-0.3, -0.25) is 0 Å². The highest BCUT2D eigenvalue weighted by atomic mass is 79.9. The molecule has 0 saturated heterocycles. The van der Waals surface area contributed by atoms with Crippen molar-refractivity contribution >= 4 is 27.5 Å². The highest BCUT2D eigenvalue weighted by Crippen LogP contribution is 2.23. The third-order valence-electron chi connectivity index (χ3n) is 2.09. The Hall–Kier alpha value is -1.03. The maximum Gasteiger partial charge on any atom is 0.334 e. The van der Waals surface area contributed by atoms with E-state index in [4.69, 9.17) is 9.15 Å². The summed E-state index contributed by atoms with van der Waals surface area (Å²) in [5.41, 5.74) is 1.36. The topological polar surface area (TPSA) is 39.4 Å². The van der Waals surface area contributed by atoms with E-state index in [1.807, 2.05) is 13.0 Å². The zero-order valence-electron chi connectivity index (χ0n) is 8.96. The van der Waals surface area contributed by atoms with Crippen molar-refractivity contribution in [2.24, 2.45) is 0 Å². The molecule has 0 aliphatic heterocycles. The summed E-state index contributed by atoms with van der Waals surface area (Å²) in [6, 6.07) is 3.60. The largest absolute Gasteiger partial charge is 0.463 e. The molecule has 0 aliphatic carbocycles. The maximum atomic E-state index is 11.4. The molecule has 1 aromatic heterocycles. The average Bonchev–Trinajstić information content (AvgIpc) is 2.63. The van der Waals surface area contributed by atoms with E-state index in [1.54, 1.807) is 19.9 Å². The van der Waals surface area contributed by atoms with Crippen LogP contribution in [0.2, 0.25) is 0 Å². The van der Waals surface area contributed by atoms with Crippen molar-refractivity contribution < 1.29 is 13.9 Å². The van der Waals surface area contributed by atoms with Crippen molar-refractivity contribution in [1.82, 2.24) is 0 Å². The predicted molar refractivity (Wildman–Crippen MR) is 61.3 cm³/mol. The minimum atomic E-state index is -0.303. The van der Waals surface area contributed by atoms with Crippen LogP contribution in [0.15, 0.2) is 26.8 Å². The van der Waals surface area contributed by atoms with Crippen molar-refractivity contribution in [1.29, 1.82) is 0 Å². The Kier molecular flexibility index (Phi) is 4.15.